The number of phosphoric acid groups is 1. The largest absolute Gasteiger partial charge is 0.478 e. The predicted octanol–water partition coefficient (Wildman–Crippen LogP) is 0.548. The molecule has 0 amide bonds. The van der Waals surface area contributed by atoms with Crippen molar-refractivity contribution < 1.29 is 28.8 Å². The highest BCUT2D eigenvalue weighted by Crippen LogP contribution is 2.45. The van der Waals surface area contributed by atoms with Crippen LogP contribution in [-0.2, 0) is 19.6 Å². The molecule has 0 heterocycles. The molecule has 1 aromatic carbocycles. The summed E-state index contributed by atoms with van der Waals surface area (Å²) in [4.78, 5) is 28.5. The summed E-state index contributed by atoms with van der Waals surface area (Å²) < 4.78 is 15.3. The third-order valence-electron chi connectivity index (χ3n) is 2.17. The van der Waals surface area contributed by atoms with Crippen LogP contribution in [0.25, 0.3) is 0 Å². The summed E-state index contributed by atoms with van der Waals surface area (Å²) in [5.74, 6) is -1.52. The molecule has 0 bridgehead atoms. The van der Waals surface area contributed by atoms with Gasteiger partial charge in [-0.25, -0.2) is 9.36 Å². The minimum Gasteiger partial charge on any atom is -0.478 e. The van der Waals surface area contributed by atoms with Gasteiger partial charge in [-0.3, -0.25) is 10.3 Å². The van der Waals surface area contributed by atoms with Crippen molar-refractivity contribution in [3.63, 3.8) is 0 Å². The van der Waals surface area contributed by atoms with E-state index in [1.807, 2.05) is 0 Å². The smallest absolute Gasteiger partial charge is 0.471 e. The van der Waals surface area contributed by atoms with Crippen molar-refractivity contribution in [2.45, 2.75) is 5.72 Å². The first-order valence-electron chi connectivity index (χ1n) is 4.70. The van der Waals surface area contributed by atoms with E-state index in [9.17, 15) is 9.36 Å². The molecule has 0 aromatic heterocycles. The first kappa shape index (κ1) is 14.6. The van der Waals surface area contributed by atoms with Crippen molar-refractivity contribution in [2.24, 2.45) is 5.73 Å². The molecule has 1 aromatic rings. The number of carboxylic acid groups (broad SMARTS) is 1. The third kappa shape index (κ3) is 3.25. The number of carboxylic acids is 1. The van der Waals surface area contributed by atoms with Gasteiger partial charge in [0.05, 0.1) is 5.57 Å². The maximum absolute atomic E-state index is 10.9. The number of benzene rings is 1. The first-order valence-corrected chi connectivity index (χ1v) is 6.23. The third-order valence-corrected chi connectivity index (χ3v) is 2.70. The van der Waals surface area contributed by atoms with E-state index in [0.717, 1.165) is 0 Å². The monoisotopic (exact) mass is 273 g/mol. The molecular weight excluding hydrogens is 261 g/mol. The second-order valence-corrected chi connectivity index (χ2v) is 4.63. The van der Waals surface area contributed by atoms with E-state index in [0.29, 0.717) is 0 Å². The minimum absolute atomic E-state index is 0.0701. The van der Waals surface area contributed by atoms with Crippen LogP contribution in [0.3, 0.4) is 0 Å². The Hall–Kier alpha value is -1.50. The lowest BCUT2D eigenvalue weighted by atomic mass is 9.96. The number of rotatable bonds is 5. The zero-order valence-corrected chi connectivity index (χ0v) is 10.1. The molecule has 1 unspecified atom stereocenters. The van der Waals surface area contributed by atoms with Crippen LogP contribution < -0.4 is 5.73 Å². The van der Waals surface area contributed by atoms with Gasteiger partial charge in [0.25, 0.3) is 0 Å². The Kier molecular flexibility index (Phi) is 4.05. The Morgan fingerprint density at radius 2 is 1.83 bits per heavy atom. The Balaban J connectivity index is 3.31. The van der Waals surface area contributed by atoms with Gasteiger partial charge in [0.1, 0.15) is 0 Å². The van der Waals surface area contributed by atoms with Gasteiger partial charge >= 0.3 is 13.8 Å². The summed E-state index contributed by atoms with van der Waals surface area (Å²) in [7, 11) is -5.00. The highest BCUT2D eigenvalue weighted by Gasteiger charge is 2.41. The van der Waals surface area contributed by atoms with Crippen LogP contribution in [0.4, 0.5) is 0 Å². The quantitative estimate of drug-likeness (QED) is 0.350. The summed E-state index contributed by atoms with van der Waals surface area (Å²) in [5.41, 5.74) is 2.74. The van der Waals surface area contributed by atoms with Crippen LogP contribution in [-0.4, -0.2) is 20.9 Å². The van der Waals surface area contributed by atoms with Crippen LogP contribution in [0.2, 0.25) is 0 Å². The van der Waals surface area contributed by atoms with Gasteiger partial charge in [0, 0.05) is 5.56 Å². The zero-order valence-electron chi connectivity index (χ0n) is 9.18. The maximum Gasteiger partial charge on any atom is 0.471 e. The Morgan fingerprint density at radius 1 is 1.33 bits per heavy atom. The molecule has 0 aliphatic rings. The van der Waals surface area contributed by atoms with E-state index in [2.05, 4.69) is 11.1 Å². The summed E-state index contributed by atoms with van der Waals surface area (Å²) in [6, 6.07) is 7.43. The highest BCUT2D eigenvalue weighted by atomic mass is 31.2. The zero-order chi connectivity index (χ0) is 14.0. The van der Waals surface area contributed by atoms with Gasteiger partial charge < -0.3 is 14.9 Å². The van der Waals surface area contributed by atoms with E-state index in [1.54, 1.807) is 6.07 Å². The molecule has 0 saturated carbocycles. The van der Waals surface area contributed by atoms with Crippen molar-refractivity contribution >= 4 is 13.8 Å². The molecule has 0 aliphatic carbocycles. The fourth-order valence-corrected chi connectivity index (χ4v) is 1.90. The topological polar surface area (TPSA) is 130 Å². The highest BCUT2D eigenvalue weighted by molar-refractivity contribution is 7.46. The summed E-state index contributed by atoms with van der Waals surface area (Å²) in [6.07, 6.45) is 0. The van der Waals surface area contributed by atoms with Crippen molar-refractivity contribution in [2.75, 3.05) is 0 Å². The Bertz CT molecular complexity index is 510. The van der Waals surface area contributed by atoms with E-state index < -0.39 is 25.1 Å². The van der Waals surface area contributed by atoms with Crippen LogP contribution in [0, 0.1) is 0 Å². The van der Waals surface area contributed by atoms with Gasteiger partial charge in [0.15, 0.2) is 5.72 Å². The molecule has 0 aliphatic heterocycles. The SMILES string of the molecule is C=C(C(=O)O)C(N)(OP(=O)(O)O)c1ccccc1. The van der Waals surface area contributed by atoms with Crippen LogP contribution >= 0.6 is 7.82 Å². The van der Waals surface area contributed by atoms with E-state index in [4.69, 9.17) is 20.6 Å². The lowest BCUT2D eigenvalue weighted by molar-refractivity contribution is -0.135. The van der Waals surface area contributed by atoms with Crippen molar-refractivity contribution in [1.82, 2.24) is 0 Å². The lowest BCUT2D eigenvalue weighted by Gasteiger charge is -2.29. The van der Waals surface area contributed by atoms with Crippen molar-refractivity contribution in [3.8, 4) is 0 Å². The second kappa shape index (κ2) is 5.01. The fraction of sp³-hybridized carbons (Fsp3) is 0.100. The summed E-state index contributed by atoms with van der Waals surface area (Å²) in [6.45, 7) is 3.19. The molecule has 98 valence electrons. The second-order valence-electron chi connectivity index (χ2n) is 3.47. The predicted molar refractivity (Wildman–Crippen MR) is 62.2 cm³/mol. The molecule has 0 fully saturated rings. The van der Waals surface area contributed by atoms with Gasteiger partial charge in [-0.15, -0.1) is 0 Å². The number of aliphatic carboxylic acids is 1. The summed E-state index contributed by atoms with van der Waals surface area (Å²) >= 11 is 0. The standard InChI is InChI=1S/C10H12NO6P/c1-7(9(12)13)10(11,17-18(14,15)16)8-5-3-2-4-6-8/h2-6H,1,11H2,(H,12,13)(H2,14,15,16). The van der Waals surface area contributed by atoms with E-state index in [-0.39, 0.29) is 5.56 Å². The minimum atomic E-state index is -5.00. The molecule has 5 N–H and O–H groups in total. The van der Waals surface area contributed by atoms with Crippen LogP contribution in [0.15, 0.2) is 42.5 Å². The normalized spacial score (nSPS) is 14.8. The van der Waals surface area contributed by atoms with Gasteiger partial charge in [0.2, 0.25) is 0 Å². The fourth-order valence-electron chi connectivity index (χ4n) is 1.31. The molecule has 1 rings (SSSR count). The maximum atomic E-state index is 10.9. The molecule has 8 heteroatoms. The average Bonchev–Trinajstić information content (AvgIpc) is 2.26. The summed E-state index contributed by atoms with van der Waals surface area (Å²) in [5, 5.41) is 8.86. The number of phosphoric ester groups is 1. The average molecular weight is 273 g/mol. The number of nitrogens with two attached hydrogens (primary N) is 1. The van der Waals surface area contributed by atoms with Gasteiger partial charge in [-0.2, -0.15) is 0 Å². The molecule has 0 saturated heterocycles. The molecule has 0 spiro atoms. The number of carbonyl (C=O) groups is 1. The molecule has 18 heavy (non-hydrogen) atoms. The van der Waals surface area contributed by atoms with Crippen molar-refractivity contribution in [3.05, 3.63) is 48.0 Å². The molecule has 1 atom stereocenters. The molecule has 0 radical (unpaired) electrons. The first-order chi connectivity index (χ1) is 8.17. The van der Waals surface area contributed by atoms with E-state index in [1.165, 1.54) is 24.3 Å². The number of hydrogen-bond donors (Lipinski definition) is 4. The Labute approximate surface area is 103 Å². The van der Waals surface area contributed by atoms with Crippen molar-refractivity contribution in [1.29, 1.82) is 0 Å². The Morgan fingerprint density at radius 3 is 2.22 bits per heavy atom. The van der Waals surface area contributed by atoms with Gasteiger partial charge in [-0.05, 0) is 0 Å². The van der Waals surface area contributed by atoms with E-state index >= 15 is 0 Å². The number of hydrogen-bond acceptors (Lipinski definition) is 4. The van der Waals surface area contributed by atoms with Gasteiger partial charge in [-0.1, -0.05) is 36.9 Å². The molecular formula is C10H12NO6P. The molecule has 7 nitrogen and oxygen atoms in total. The van der Waals surface area contributed by atoms with Crippen LogP contribution in [0.5, 0.6) is 0 Å². The van der Waals surface area contributed by atoms with Crippen LogP contribution in [0.1, 0.15) is 5.56 Å². The lowest BCUT2D eigenvalue weighted by Crippen LogP contribution is -2.43.